The minimum atomic E-state index is 0.475. The Hall–Kier alpha value is -1.97. The molecule has 0 saturated heterocycles. The Balaban J connectivity index is 2.13. The van der Waals surface area contributed by atoms with Gasteiger partial charge < -0.3 is 0 Å². The van der Waals surface area contributed by atoms with E-state index in [4.69, 9.17) is 23.2 Å². The standard InChI is InChI=1S/C15H9Cl2N3/c16-10-8-18-9-11(17)15(10)14-6-3-5-13(20-14)12-4-1-2-7-19-12/h1-9H. The summed E-state index contributed by atoms with van der Waals surface area (Å²) in [6.45, 7) is 0. The lowest BCUT2D eigenvalue weighted by Gasteiger charge is -2.07. The van der Waals surface area contributed by atoms with Crippen molar-refractivity contribution in [1.29, 1.82) is 0 Å². The number of hydrogen-bond acceptors (Lipinski definition) is 3. The van der Waals surface area contributed by atoms with E-state index in [1.165, 1.54) is 0 Å². The molecular weight excluding hydrogens is 293 g/mol. The van der Waals surface area contributed by atoms with E-state index in [0.717, 1.165) is 11.4 Å². The topological polar surface area (TPSA) is 38.7 Å². The second kappa shape index (κ2) is 5.57. The molecule has 0 spiro atoms. The minimum Gasteiger partial charge on any atom is -0.262 e. The van der Waals surface area contributed by atoms with Gasteiger partial charge in [-0.25, -0.2) is 4.98 Å². The molecule has 5 heteroatoms. The fraction of sp³-hybridized carbons (Fsp3) is 0. The molecule has 0 saturated carbocycles. The van der Waals surface area contributed by atoms with Crippen LogP contribution in [0.4, 0.5) is 0 Å². The molecule has 0 aromatic carbocycles. The van der Waals surface area contributed by atoms with Gasteiger partial charge in [-0.1, -0.05) is 35.3 Å². The van der Waals surface area contributed by atoms with E-state index >= 15 is 0 Å². The van der Waals surface area contributed by atoms with Gasteiger partial charge in [0.15, 0.2) is 0 Å². The second-order valence-corrected chi connectivity index (χ2v) is 4.92. The molecule has 0 aliphatic carbocycles. The molecule has 3 aromatic heterocycles. The molecule has 0 amide bonds. The number of aromatic nitrogens is 3. The van der Waals surface area contributed by atoms with Crippen LogP contribution in [-0.4, -0.2) is 15.0 Å². The lowest BCUT2D eigenvalue weighted by atomic mass is 10.1. The van der Waals surface area contributed by atoms with Crippen LogP contribution >= 0.6 is 23.2 Å². The highest BCUT2D eigenvalue weighted by molar-refractivity contribution is 6.38. The zero-order valence-electron chi connectivity index (χ0n) is 10.3. The summed E-state index contributed by atoms with van der Waals surface area (Å²) < 4.78 is 0. The summed E-state index contributed by atoms with van der Waals surface area (Å²) in [5, 5.41) is 0.950. The molecule has 98 valence electrons. The van der Waals surface area contributed by atoms with E-state index < -0.39 is 0 Å². The number of nitrogens with zero attached hydrogens (tertiary/aromatic N) is 3. The molecule has 0 aliphatic rings. The number of halogens is 2. The Labute approximate surface area is 126 Å². The van der Waals surface area contributed by atoms with E-state index in [1.54, 1.807) is 18.6 Å². The van der Waals surface area contributed by atoms with Crippen molar-refractivity contribution in [1.82, 2.24) is 15.0 Å². The van der Waals surface area contributed by atoms with Crippen LogP contribution in [0.2, 0.25) is 10.0 Å². The van der Waals surface area contributed by atoms with Gasteiger partial charge >= 0.3 is 0 Å². The van der Waals surface area contributed by atoms with Gasteiger partial charge in [0.2, 0.25) is 0 Å². The first kappa shape index (κ1) is 13.0. The number of pyridine rings is 3. The van der Waals surface area contributed by atoms with Crippen LogP contribution in [0.15, 0.2) is 55.0 Å². The first-order valence-corrected chi connectivity index (χ1v) is 6.69. The minimum absolute atomic E-state index is 0.475. The van der Waals surface area contributed by atoms with Crippen LogP contribution in [0, 0.1) is 0 Å². The molecule has 3 rings (SSSR count). The van der Waals surface area contributed by atoms with E-state index in [-0.39, 0.29) is 0 Å². The molecular formula is C15H9Cl2N3. The maximum Gasteiger partial charge on any atom is 0.0893 e. The fourth-order valence-corrected chi connectivity index (χ4v) is 2.45. The van der Waals surface area contributed by atoms with Crippen LogP contribution in [0.5, 0.6) is 0 Å². The van der Waals surface area contributed by atoms with E-state index in [2.05, 4.69) is 15.0 Å². The summed E-state index contributed by atoms with van der Waals surface area (Å²) in [7, 11) is 0. The highest BCUT2D eigenvalue weighted by atomic mass is 35.5. The number of rotatable bonds is 2. The van der Waals surface area contributed by atoms with Crippen molar-refractivity contribution in [3.8, 4) is 22.6 Å². The smallest absolute Gasteiger partial charge is 0.0893 e. The third-order valence-corrected chi connectivity index (χ3v) is 3.36. The summed E-state index contributed by atoms with van der Waals surface area (Å²) in [5.74, 6) is 0. The summed E-state index contributed by atoms with van der Waals surface area (Å²) in [5.41, 5.74) is 2.95. The molecule has 0 N–H and O–H groups in total. The summed E-state index contributed by atoms with van der Waals surface area (Å²) >= 11 is 12.3. The highest BCUT2D eigenvalue weighted by Crippen LogP contribution is 2.33. The van der Waals surface area contributed by atoms with Gasteiger partial charge in [0.25, 0.3) is 0 Å². The Kier molecular flexibility index (Phi) is 3.63. The van der Waals surface area contributed by atoms with Gasteiger partial charge in [-0.15, -0.1) is 0 Å². The molecule has 0 aliphatic heterocycles. The van der Waals surface area contributed by atoms with E-state index in [9.17, 15) is 0 Å². The van der Waals surface area contributed by atoms with Crippen LogP contribution in [0.3, 0.4) is 0 Å². The zero-order valence-corrected chi connectivity index (χ0v) is 11.8. The van der Waals surface area contributed by atoms with Crippen molar-refractivity contribution in [2.45, 2.75) is 0 Å². The first-order chi connectivity index (χ1) is 9.75. The van der Waals surface area contributed by atoms with Crippen molar-refractivity contribution in [3.05, 3.63) is 65.0 Å². The fourth-order valence-electron chi connectivity index (χ4n) is 1.89. The largest absolute Gasteiger partial charge is 0.262 e. The average molecular weight is 302 g/mol. The van der Waals surface area contributed by atoms with Crippen molar-refractivity contribution in [3.63, 3.8) is 0 Å². The zero-order chi connectivity index (χ0) is 13.9. The second-order valence-electron chi connectivity index (χ2n) is 4.10. The Morgan fingerprint density at radius 3 is 2.15 bits per heavy atom. The van der Waals surface area contributed by atoms with Crippen LogP contribution in [0.1, 0.15) is 0 Å². The van der Waals surface area contributed by atoms with Crippen molar-refractivity contribution < 1.29 is 0 Å². The highest BCUT2D eigenvalue weighted by Gasteiger charge is 2.11. The van der Waals surface area contributed by atoms with Crippen molar-refractivity contribution >= 4 is 23.2 Å². The Morgan fingerprint density at radius 1 is 0.750 bits per heavy atom. The van der Waals surface area contributed by atoms with Crippen molar-refractivity contribution in [2.24, 2.45) is 0 Å². The van der Waals surface area contributed by atoms with Gasteiger partial charge in [0.05, 0.1) is 27.1 Å². The van der Waals surface area contributed by atoms with Crippen molar-refractivity contribution in [2.75, 3.05) is 0 Å². The molecule has 0 unspecified atom stereocenters. The van der Waals surface area contributed by atoms with Crippen LogP contribution in [0.25, 0.3) is 22.6 Å². The normalized spacial score (nSPS) is 10.5. The lowest BCUT2D eigenvalue weighted by Crippen LogP contribution is -1.91. The maximum atomic E-state index is 6.16. The molecule has 20 heavy (non-hydrogen) atoms. The average Bonchev–Trinajstić information content (AvgIpc) is 2.48. The third-order valence-electron chi connectivity index (χ3n) is 2.79. The Bertz CT molecular complexity index is 725. The van der Waals surface area contributed by atoms with Gasteiger partial charge in [-0.3, -0.25) is 9.97 Å². The van der Waals surface area contributed by atoms with Gasteiger partial charge in [0.1, 0.15) is 0 Å². The quantitative estimate of drug-likeness (QED) is 0.699. The maximum absolute atomic E-state index is 6.16. The summed E-state index contributed by atoms with van der Waals surface area (Å²) in [6, 6.07) is 11.3. The molecule has 3 aromatic rings. The molecule has 0 atom stereocenters. The van der Waals surface area contributed by atoms with Gasteiger partial charge in [-0.2, -0.15) is 0 Å². The number of hydrogen-bond donors (Lipinski definition) is 0. The molecule has 0 fully saturated rings. The first-order valence-electron chi connectivity index (χ1n) is 5.93. The van der Waals surface area contributed by atoms with E-state index in [0.29, 0.717) is 21.3 Å². The Morgan fingerprint density at radius 2 is 1.45 bits per heavy atom. The monoisotopic (exact) mass is 301 g/mol. The third kappa shape index (κ3) is 2.50. The van der Waals surface area contributed by atoms with Crippen LogP contribution < -0.4 is 0 Å². The SMILES string of the molecule is Clc1cncc(Cl)c1-c1cccc(-c2ccccn2)n1. The predicted molar refractivity (Wildman–Crippen MR) is 80.7 cm³/mol. The molecule has 3 nitrogen and oxygen atoms in total. The van der Waals surface area contributed by atoms with E-state index in [1.807, 2.05) is 36.4 Å². The predicted octanol–water partition coefficient (Wildman–Crippen LogP) is 4.51. The summed E-state index contributed by atoms with van der Waals surface area (Å²) in [4.78, 5) is 12.8. The van der Waals surface area contributed by atoms with Gasteiger partial charge in [0, 0.05) is 24.2 Å². The van der Waals surface area contributed by atoms with Gasteiger partial charge in [-0.05, 0) is 24.3 Å². The van der Waals surface area contributed by atoms with Crippen LogP contribution in [-0.2, 0) is 0 Å². The molecule has 0 radical (unpaired) electrons. The lowest BCUT2D eigenvalue weighted by molar-refractivity contribution is 1.24. The molecule has 0 bridgehead atoms. The molecule has 3 heterocycles. The summed E-state index contributed by atoms with van der Waals surface area (Å²) in [6.07, 6.45) is 4.84.